The number of nitrogens with two attached hydrogens (primary N) is 2. The lowest BCUT2D eigenvalue weighted by Crippen LogP contribution is -2.53. The van der Waals surface area contributed by atoms with Gasteiger partial charge in [-0.3, -0.25) is 4.79 Å². The van der Waals surface area contributed by atoms with Gasteiger partial charge in [0.25, 0.3) is 5.91 Å². The molecule has 1 amide bonds. The maximum Gasteiger partial charge on any atom is 0.263 e. The lowest BCUT2D eigenvalue weighted by atomic mass is 10.0. The molecule has 160 valence electrons. The van der Waals surface area contributed by atoms with Crippen LogP contribution in [0.25, 0.3) is 0 Å². The fourth-order valence-corrected chi connectivity index (χ4v) is 4.05. The number of nitrogens with zero attached hydrogens (tertiary/aromatic N) is 3. The Balaban J connectivity index is 1.76. The molecule has 0 radical (unpaired) electrons. The molecular formula is C20H25ClN6O3. The zero-order valence-corrected chi connectivity index (χ0v) is 17.7. The summed E-state index contributed by atoms with van der Waals surface area (Å²) in [5.74, 6) is 0.911. The van der Waals surface area contributed by atoms with Gasteiger partial charge < -0.3 is 31.2 Å². The smallest absolute Gasteiger partial charge is 0.263 e. The van der Waals surface area contributed by atoms with Crippen LogP contribution in [0.4, 0.5) is 17.5 Å². The van der Waals surface area contributed by atoms with E-state index in [-0.39, 0.29) is 18.5 Å². The van der Waals surface area contributed by atoms with Crippen molar-refractivity contribution in [2.45, 2.75) is 31.9 Å². The maximum atomic E-state index is 11.9. The summed E-state index contributed by atoms with van der Waals surface area (Å²) in [5, 5.41) is 3.75. The van der Waals surface area contributed by atoms with Crippen molar-refractivity contribution in [2.75, 3.05) is 42.3 Å². The first-order valence-corrected chi connectivity index (χ1v) is 10.2. The van der Waals surface area contributed by atoms with Crippen LogP contribution >= 0.6 is 11.6 Å². The van der Waals surface area contributed by atoms with Crippen molar-refractivity contribution >= 4 is 35.0 Å². The van der Waals surface area contributed by atoms with E-state index in [1.54, 1.807) is 13.0 Å². The van der Waals surface area contributed by atoms with Gasteiger partial charge in [-0.1, -0.05) is 11.6 Å². The fraction of sp³-hybridized carbons (Fsp3) is 0.450. The molecular weight excluding hydrogens is 408 g/mol. The number of aromatic nitrogens is 2. The number of fused-ring (bicyclic) bond motifs is 1. The summed E-state index contributed by atoms with van der Waals surface area (Å²) in [7, 11) is 0. The van der Waals surface area contributed by atoms with Crippen LogP contribution in [-0.2, 0) is 9.53 Å². The molecule has 10 heteroatoms. The molecule has 2 aliphatic heterocycles. The molecule has 1 aromatic carbocycles. The Morgan fingerprint density at radius 1 is 1.37 bits per heavy atom. The number of carbonyl (C=O) groups excluding carboxylic acids is 1. The van der Waals surface area contributed by atoms with Crippen molar-refractivity contribution in [3.05, 3.63) is 34.5 Å². The van der Waals surface area contributed by atoms with Gasteiger partial charge in [-0.05, 0) is 38.0 Å². The zero-order chi connectivity index (χ0) is 21.5. The monoisotopic (exact) mass is 432 g/mol. The number of amides is 1. The van der Waals surface area contributed by atoms with E-state index in [0.717, 1.165) is 17.7 Å². The Labute approximate surface area is 179 Å². The maximum absolute atomic E-state index is 11.9. The number of nitrogen functional groups attached to an aromatic ring is 1. The molecule has 1 fully saturated rings. The van der Waals surface area contributed by atoms with E-state index < -0.39 is 11.5 Å². The van der Waals surface area contributed by atoms with Crippen LogP contribution in [0.1, 0.15) is 30.6 Å². The van der Waals surface area contributed by atoms with Crippen LogP contribution in [0.5, 0.6) is 5.75 Å². The number of anilines is 3. The summed E-state index contributed by atoms with van der Waals surface area (Å²) in [4.78, 5) is 22.6. The van der Waals surface area contributed by atoms with Crippen molar-refractivity contribution in [1.82, 2.24) is 9.97 Å². The summed E-state index contributed by atoms with van der Waals surface area (Å²) in [6.07, 6.45) is 0.833. The van der Waals surface area contributed by atoms with Gasteiger partial charge in [0.05, 0.1) is 24.9 Å². The van der Waals surface area contributed by atoms with E-state index in [1.807, 2.05) is 19.1 Å². The molecule has 2 aliphatic rings. The second-order valence-corrected chi connectivity index (χ2v) is 8.19. The number of benzene rings is 1. The quantitative estimate of drug-likeness (QED) is 0.672. The Morgan fingerprint density at radius 3 is 2.90 bits per heavy atom. The summed E-state index contributed by atoms with van der Waals surface area (Å²) in [6, 6.07) is 5.32. The second-order valence-electron chi connectivity index (χ2n) is 7.78. The highest BCUT2D eigenvalue weighted by Gasteiger charge is 2.38. The highest BCUT2D eigenvalue weighted by molar-refractivity contribution is 6.31. The van der Waals surface area contributed by atoms with E-state index in [2.05, 4.69) is 20.2 Å². The molecule has 0 bridgehead atoms. The lowest BCUT2D eigenvalue weighted by Gasteiger charge is -2.36. The van der Waals surface area contributed by atoms with E-state index in [1.165, 1.54) is 0 Å². The first-order valence-electron chi connectivity index (χ1n) is 9.78. The summed E-state index contributed by atoms with van der Waals surface area (Å²) < 4.78 is 11.8. The van der Waals surface area contributed by atoms with Crippen LogP contribution in [0.15, 0.2) is 18.2 Å². The molecule has 2 atom stereocenters. The molecule has 0 aliphatic carbocycles. The number of primary amides is 1. The van der Waals surface area contributed by atoms with Gasteiger partial charge in [0, 0.05) is 29.9 Å². The summed E-state index contributed by atoms with van der Waals surface area (Å²) in [5.41, 5.74) is 12.6. The van der Waals surface area contributed by atoms with Gasteiger partial charge >= 0.3 is 0 Å². The minimum Gasteiger partial charge on any atom is -0.474 e. The van der Waals surface area contributed by atoms with Gasteiger partial charge in [0.2, 0.25) is 11.5 Å². The third-order valence-electron chi connectivity index (χ3n) is 5.42. The van der Waals surface area contributed by atoms with Crippen molar-refractivity contribution in [3.63, 3.8) is 0 Å². The van der Waals surface area contributed by atoms with Crippen LogP contribution in [0.3, 0.4) is 0 Å². The number of hydrogen-bond acceptors (Lipinski definition) is 8. The Kier molecular flexibility index (Phi) is 5.33. The Morgan fingerprint density at radius 2 is 2.17 bits per heavy atom. The van der Waals surface area contributed by atoms with Crippen molar-refractivity contribution in [1.29, 1.82) is 0 Å². The highest BCUT2D eigenvalue weighted by Crippen LogP contribution is 2.41. The third kappa shape index (κ3) is 3.82. The minimum absolute atomic E-state index is 0.218. The molecule has 1 aromatic heterocycles. The molecule has 3 heterocycles. The lowest BCUT2D eigenvalue weighted by molar-refractivity contribution is -0.131. The molecule has 0 unspecified atom stereocenters. The molecule has 2 aromatic rings. The fourth-order valence-electron chi connectivity index (χ4n) is 3.76. The topological polar surface area (TPSA) is 129 Å². The third-order valence-corrected chi connectivity index (χ3v) is 5.75. The zero-order valence-electron chi connectivity index (χ0n) is 16.9. The molecule has 0 spiro atoms. The predicted octanol–water partition coefficient (Wildman–Crippen LogP) is 2.04. The number of rotatable bonds is 3. The first kappa shape index (κ1) is 20.5. The van der Waals surface area contributed by atoms with Gasteiger partial charge in [0.1, 0.15) is 11.6 Å². The van der Waals surface area contributed by atoms with Crippen LogP contribution < -0.4 is 26.4 Å². The highest BCUT2D eigenvalue weighted by atomic mass is 35.5. The number of nitrogens with one attached hydrogen (secondary N) is 1. The van der Waals surface area contributed by atoms with E-state index in [0.29, 0.717) is 42.0 Å². The first-order chi connectivity index (χ1) is 14.3. The average molecular weight is 433 g/mol. The number of carbonyl (C=O) groups is 1. The Hall–Kier alpha value is -2.78. The van der Waals surface area contributed by atoms with Gasteiger partial charge in [-0.2, -0.15) is 4.98 Å². The van der Waals surface area contributed by atoms with Crippen LogP contribution in [-0.4, -0.2) is 47.8 Å². The molecule has 1 saturated heterocycles. The number of ether oxygens (including phenoxy) is 2. The van der Waals surface area contributed by atoms with Crippen molar-refractivity contribution < 1.29 is 14.3 Å². The Bertz CT molecular complexity index is 967. The largest absolute Gasteiger partial charge is 0.474 e. The number of aryl methyl sites for hydroxylation is 1. The molecule has 30 heavy (non-hydrogen) atoms. The van der Waals surface area contributed by atoms with Crippen molar-refractivity contribution in [3.8, 4) is 5.75 Å². The minimum atomic E-state index is -1.14. The van der Waals surface area contributed by atoms with Crippen molar-refractivity contribution in [2.24, 2.45) is 5.73 Å². The molecule has 5 N–H and O–H groups in total. The standard InChI is InChI=1S/C20H25ClN6O3/c1-11-6-17(26-19(23)25-11)27-4-3-5-29-9-15(27)12-7-16-14(8-13(12)21)24-10-20(2,30-16)18(22)28/h6-8,15,24H,3-5,9-10H2,1-2H3,(H2,22,28)(H2,23,25,26)/t15-,20+/m1/s1. The summed E-state index contributed by atoms with van der Waals surface area (Å²) >= 11 is 6.67. The van der Waals surface area contributed by atoms with E-state index >= 15 is 0 Å². The van der Waals surface area contributed by atoms with E-state index in [4.69, 9.17) is 32.5 Å². The SMILES string of the molecule is Cc1cc(N2CCCOC[C@@H]2c2cc3c(cc2Cl)NC[C@@](C)(C(N)=O)O3)nc(N)n1. The summed E-state index contributed by atoms with van der Waals surface area (Å²) in [6.45, 7) is 5.57. The van der Waals surface area contributed by atoms with Gasteiger partial charge in [-0.25, -0.2) is 4.98 Å². The average Bonchev–Trinajstić information content (AvgIpc) is 2.93. The van der Waals surface area contributed by atoms with Gasteiger partial charge in [-0.15, -0.1) is 0 Å². The normalized spacial score (nSPS) is 23.7. The molecule has 9 nitrogen and oxygen atoms in total. The second kappa shape index (κ2) is 7.81. The molecule has 0 saturated carbocycles. The van der Waals surface area contributed by atoms with E-state index in [9.17, 15) is 4.79 Å². The number of hydrogen-bond donors (Lipinski definition) is 3. The van der Waals surface area contributed by atoms with Crippen LogP contribution in [0, 0.1) is 6.92 Å². The van der Waals surface area contributed by atoms with Gasteiger partial charge in [0.15, 0.2) is 0 Å². The number of halogens is 1. The predicted molar refractivity (Wildman–Crippen MR) is 115 cm³/mol. The van der Waals surface area contributed by atoms with Crippen LogP contribution in [0.2, 0.25) is 5.02 Å². The molecule has 4 rings (SSSR count).